The Kier molecular flexibility index (Phi) is 4.97. The van der Waals surface area contributed by atoms with Crippen LogP contribution >= 0.6 is 0 Å². The molecule has 24 heavy (non-hydrogen) atoms. The van der Waals surface area contributed by atoms with E-state index in [9.17, 15) is 14.4 Å². The second-order valence-electron chi connectivity index (χ2n) is 6.75. The molecule has 0 aromatic heterocycles. The molecule has 5 heteroatoms. The van der Waals surface area contributed by atoms with Crippen LogP contribution in [0.1, 0.15) is 72.6 Å². The van der Waals surface area contributed by atoms with Gasteiger partial charge in [-0.15, -0.1) is 0 Å². The maximum Gasteiger partial charge on any atom is 0.262 e. The van der Waals surface area contributed by atoms with Crippen molar-refractivity contribution >= 4 is 17.7 Å². The minimum Gasteiger partial charge on any atom is -0.352 e. The topological polar surface area (TPSA) is 66.5 Å². The molecule has 0 bridgehead atoms. The molecule has 1 aromatic rings. The summed E-state index contributed by atoms with van der Waals surface area (Å²) in [6.45, 7) is 1.62. The molecule has 0 spiro atoms. The third-order valence-electron chi connectivity index (χ3n) is 5.04. The first-order valence-electron chi connectivity index (χ1n) is 8.87. The van der Waals surface area contributed by atoms with E-state index >= 15 is 0 Å². The van der Waals surface area contributed by atoms with E-state index in [1.165, 1.54) is 19.3 Å². The molecule has 1 saturated carbocycles. The fraction of sp³-hybridized carbons (Fsp3) is 0.526. The highest BCUT2D eigenvalue weighted by molar-refractivity contribution is 6.22. The lowest BCUT2D eigenvalue weighted by atomic mass is 9.96. The smallest absolute Gasteiger partial charge is 0.262 e. The minimum atomic E-state index is -0.789. The summed E-state index contributed by atoms with van der Waals surface area (Å²) >= 11 is 0. The van der Waals surface area contributed by atoms with E-state index in [1.807, 2.05) is 0 Å². The average Bonchev–Trinajstić information content (AvgIpc) is 2.81. The molecule has 1 fully saturated rings. The van der Waals surface area contributed by atoms with Gasteiger partial charge in [0.05, 0.1) is 11.1 Å². The highest BCUT2D eigenvalue weighted by Crippen LogP contribution is 2.25. The van der Waals surface area contributed by atoms with Gasteiger partial charge < -0.3 is 5.32 Å². The summed E-state index contributed by atoms with van der Waals surface area (Å²) in [6.07, 6.45) is 7.87. The zero-order valence-corrected chi connectivity index (χ0v) is 14.1. The molecule has 1 aliphatic heterocycles. The zero-order chi connectivity index (χ0) is 17.1. The SMILES string of the molecule is CC(C(=O)NC1CCCCCCC1)N1C(=O)c2ccccc2C1=O. The fourth-order valence-electron chi connectivity index (χ4n) is 3.60. The maximum atomic E-state index is 12.6. The molecule has 5 nitrogen and oxygen atoms in total. The first-order chi connectivity index (χ1) is 11.6. The van der Waals surface area contributed by atoms with Crippen molar-refractivity contribution in [2.45, 2.75) is 64.0 Å². The Morgan fingerprint density at radius 3 is 2.04 bits per heavy atom. The number of rotatable bonds is 3. The summed E-state index contributed by atoms with van der Waals surface area (Å²) in [5.41, 5.74) is 0.765. The monoisotopic (exact) mass is 328 g/mol. The van der Waals surface area contributed by atoms with Crippen molar-refractivity contribution in [1.29, 1.82) is 0 Å². The molecular weight excluding hydrogens is 304 g/mol. The van der Waals surface area contributed by atoms with Crippen LogP contribution in [0.3, 0.4) is 0 Å². The Morgan fingerprint density at radius 2 is 1.50 bits per heavy atom. The Morgan fingerprint density at radius 1 is 1.00 bits per heavy atom. The summed E-state index contributed by atoms with van der Waals surface area (Å²) < 4.78 is 0. The summed E-state index contributed by atoms with van der Waals surface area (Å²) in [4.78, 5) is 38.6. The number of imide groups is 1. The van der Waals surface area contributed by atoms with Crippen LogP contribution in [-0.2, 0) is 4.79 Å². The Balaban J connectivity index is 1.68. The van der Waals surface area contributed by atoms with Gasteiger partial charge in [-0.1, -0.05) is 44.2 Å². The summed E-state index contributed by atoms with van der Waals surface area (Å²) in [5, 5.41) is 3.05. The number of fused-ring (bicyclic) bond motifs is 1. The molecule has 1 aromatic carbocycles. The largest absolute Gasteiger partial charge is 0.352 e. The highest BCUT2D eigenvalue weighted by Gasteiger charge is 2.40. The molecule has 1 atom stereocenters. The molecule has 3 amide bonds. The Bertz CT molecular complexity index is 613. The number of hydrogen-bond donors (Lipinski definition) is 1. The highest BCUT2D eigenvalue weighted by atomic mass is 16.2. The van der Waals surface area contributed by atoms with Crippen LogP contribution in [0.2, 0.25) is 0 Å². The second kappa shape index (κ2) is 7.16. The van der Waals surface area contributed by atoms with Crippen molar-refractivity contribution in [3.05, 3.63) is 35.4 Å². The van der Waals surface area contributed by atoms with Crippen LogP contribution in [0, 0.1) is 0 Å². The van der Waals surface area contributed by atoms with Crippen molar-refractivity contribution in [2.24, 2.45) is 0 Å². The van der Waals surface area contributed by atoms with Crippen LogP contribution in [-0.4, -0.2) is 34.7 Å². The van der Waals surface area contributed by atoms with Crippen molar-refractivity contribution in [3.63, 3.8) is 0 Å². The summed E-state index contributed by atoms with van der Waals surface area (Å²) in [5.74, 6) is -0.998. The maximum absolute atomic E-state index is 12.6. The van der Waals surface area contributed by atoms with E-state index in [0.717, 1.165) is 30.6 Å². The van der Waals surface area contributed by atoms with Gasteiger partial charge >= 0.3 is 0 Å². The molecule has 0 saturated heterocycles. The number of hydrogen-bond acceptors (Lipinski definition) is 3. The molecule has 0 radical (unpaired) electrons. The number of nitrogens with zero attached hydrogens (tertiary/aromatic N) is 1. The van der Waals surface area contributed by atoms with E-state index in [-0.39, 0.29) is 23.8 Å². The molecular formula is C19H24N2O3. The quantitative estimate of drug-likeness (QED) is 0.868. The van der Waals surface area contributed by atoms with Crippen molar-refractivity contribution in [2.75, 3.05) is 0 Å². The molecule has 1 aliphatic carbocycles. The van der Waals surface area contributed by atoms with Gasteiger partial charge in [-0.2, -0.15) is 0 Å². The van der Waals surface area contributed by atoms with Gasteiger partial charge in [0.25, 0.3) is 11.8 Å². The van der Waals surface area contributed by atoms with Crippen LogP contribution in [0.25, 0.3) is 0 Å². The molecule has 1 heterocycles. The molecule has 2 aliphatic rings. The second-order valence-corrected chi connectivity index (χ2v) is 6.75. The van der Waals surface area contributed by atoms with Crippen LogP contribution < -0.4 is 5.32 Å². The first kappa shape index (κ1) is 16.7. The predicted octanol–water partition coefficient (Wildman–Crippen LogP) is 2.90. The van der Waals surface area contributed by atoms with Gasteiger partial charge in [-0.05, 0) is 31.9 Å². The summed E-state index contributed by atoms with van der Waals surface area (Å²) in [6, 6.07) is 6.09. The zero-order valence-electron chi connectivity index (χ0n) is 14.1. The Labute approximate surface area is 142 Å². The minimum absolute atomic E-state index is 0.149. The number of benzene rings is 1. The van der Waals surface area contributed by atoms with E-state index in [1.54, 1.807) is 31.2 Å². The van der Waals surface area contributed by atoms with E-state index in [0.29, 0.717) is 11.1 Å². The Hall–Kier alpha value is -2.17. The fourth-order valence-corrected chi connectivity index (χ4v) is 3.60. The number of nitrogens with one attached hydrogen (secondary N) is 1. The average molecular weight is 328 g/mol. The first-order valence-corrected chi connectivity index (χ1v) is 8.87. The van der Waals surface area contributed by atoms with Crippen molar-refractivity contribution in [3.8, 4) is 0 Å². The molecule has 1 N–H and O–H groups in total. The third-order valence-corrected chi connectivity index (χ3v) is 5.04. The van der Waals surface area contributed by atoms with E-state index < -0.39 is 6.04 Å². The summed E-state index contributed by atoms with van der Waals surface area (Å²) in [7, 11) is 0. The van der Waals surface area contributed by atoms with Crippen molar-refractivity contribution in [1.82, 2.24) is 10.2 Å². The molecule has 3 rings (SSSR count). The lowest BCUT2D eigenvalue weighted by Crippen LogP contribution is -2.50. The van der Waals surface area contributed by atoms with Gasteiger partial charge in [-0.3, -0.25) is 19.3 Å². The van der Waals surface area contributed by atoms with Crippen molar-refractivity contribution < 1.29 is 14.4 Å². The standard InChI is InChI=1S/C19H24N2O3/c1-13(17(22)20-14-9-5-3-2-4-6-10-14)21-18(23)15-11-7-8-12-16(15)19(21)24/h7-8,11-14H,2-6,9-10H2,1H3,(H,20,22). The third kappa shape index (κ3) is 3.21. The number of carbonyl (C=O) groups is 3. The molecule has 128 valence electrons. The van der Waals surface area contributed by atoms with E-state index in [4.69, 9.17) is 0 Å². The van der Waals surface area contributed by atoms with Crippen LogP contribution in [0.15, 0.2) is 24.3 Å². The number of amides is 3. The van der Waals surface area contributed by atoms with Gasteiger partial charge in [0.15, 0.2) is 0 Å². The van der Waals surface area contributed by atoms with Gasteiger partial charge in [0, 0.05) is 6.04 Å². The van der Waals surface area contributed by atoms with Gasteiger partial charge in [-0.25, -0.2) is 0 Å². The van der Waals surface area contributed by atoms with Gasteiger partial charge in [0.2, 0.25) is 5.91 Å². The lowest BCUT2D eigenvalue weighted by molar-refractivity contribution is -0.125. The molecule has 1 unspecified atom stereocenters. The van der Waals surface area contributed by atoms with Crippen LogP contribution in [0.4, 0.5) is 0 Å². The van der Waals surface area contributed by atoms with Crippen LogP contribution in [0.5, 0.6) is 0 Å². The van der Waals surface area contributed by atoms with E-state index in [2.05, 4.69) is 5.32 Å². The number of carbonyl (C=O) groups excluding carboxylic acids is 3. The normalized spacial score (nSPS) is 20.3. The predicted molar refractivity (Wildman–Crippen MR) is 90.7 cm³/mol. The lowest BCUT2D eigenvalue weighted by Gasteiger charge is -2.26. The van der Waals surface area contributed by atoms with Gasteiger partial charge in [0.1, 0.15) is 6.04 Å².